The summed E-state index contributed by atoms with van der Waals surface area (Å²) in [6.45, 7) is 2.31. The van der Waals surface area contributed by atoms with Crippen molar-refractivity contribution in [1.29, 1.82) is 0 Å². The first-order valence-corrected chi connectivity index (χ1v) is 9.90. The Morgan fingerprint density at radius 3 is 2.77 bits per heavy atom. The zero-order chi connectivity index (χ0) is 15.9. The Bertz CT molecular complexity index is 806. The highest BCUT2D eigenvalue weighted by atomic mass is 32.2. The quantitative estimate of drug-likeness (QED) is 0.793. The van der Waals surface area contributed by atoms with Crippen LogP contribution in [-0.4, -0.2) is 32.3 Å². The van der Waals surface area contributed by atoms with Gasteiger partial charge < -0.3 is 4.74 Å². The molecule has 0 fully saturated rings. The molecule has 0 bridgehead atoms. The molecule has 0 N–H and O–H groups in total. The monoisotopic (exact) mass is 357 g/mol. The molecule has 1 aliphatic heterocycles. The van der Waals surface area contributed by atoms with Crippen molar-refractivity contribution in [3.8, 4) is 0 Å². The van der Waals surface area contributed by atoms with E-state index < -0.39 is 16.0 Å². The first-order chi connectivity index (χ1) is 10.5. The Hall–Kier alpha value is -1.22. The molecule has 0 saturated carbocycles. The van der Waals surface area contributed by atoms with Crippen molar-refractivity contribution >= 4 is 38.7 Å². The molecular formula is C14H15NO4S3. The van der Waals surface area contributed by atoms with Gasteiger partial charge in [-0.15, -0.1) is 22.7 Å². The molecule has 2 aromatic heterocycles. The van der Waals surface area contributed by atoms with Gasteiger partial charge in [-0.3, -0.25) is 0 Å². The summed E-state index contributed by atoms with van der Waals surface area (Å²) in [4.78, 5) is 13.2. The Balaban J connectivity index is 2.01. The maximum absolute atomic E-state index is 13.0. The highest BCUT2D eigenvalue weighted by Crippen LogP contribution is 2.37. The van der Waals surface area contributed by atoms with Crippen molar-refractivity contribution in [3.05, 3.63) is 38.2 Å². The van der Waals surface area contributed by atoms with Crippen LogP contribution in [0.25, 0.3) is 0 Å². The fourth-order valence-electron chi connectivity index (χ4n) is 2.68. The lowest BCUT2D eigenvalue weighted by molar-refractivity contribution is 0.0602. The van der Waals surface area contributed by atoms with Gasteiger partial charge >= 0.3 is 5.97 Å². The number of ether oxygens (including phenoxy) is 1. The van der Waals surface area contributed by atoms with Crippen molar-refractivity contribution in [2.45, 2.75) is 24.3 Å². The number of hydrogen-bond acceptors (Lipinski definition) is 6. The van der Waals surface area contributed by atoms with Crippen LogP contribution >= 0.6 is 22.7 Å². The molecule has 2 aromatic rings. The van der Waals surface area contributed by atoms with Crippen molar-refractivity contribution in [1.82, 2.24) is 4.31 Å². The number of nitrogens with zero attached hydrogens (tertiary/aromatic N) is 1. The van der Waals surface area contributed by atoms with Crippen molar-refractivity contribution in [2.24, 2.45) is 0 Å². The molecule has 0 radical (unpaired) electrons. The minimum Gasteiger partial charge on any atom is -0.465 e. The molecule has 3 rings (SSSR count). The number of hydrogen-bond donors (Lipinski definition) is 0. The van der Waals surface area contributed by atoms with Crippen LogP contribution in [0.5, 0.6) is 0 Å². The number of sulfonamides is 1. The second-order valence-corrected chi connectivity index (χ2v) is 8.72. The lowest BCUT2D eigenvalue weighted by Crippen LogP contribution is -2.38. The number of rotatable bonds is 3. The average molecular weight is 357 g/mol. The Morgan fingerprint density at radius 2 is 2.05 bits per heavy atom. The van der Waals surface area contributed by atoms with Crippen LogP contribution in [0, 0.1) is 0 Å². The van der Waals surface area contributed by atoms with E-state index >= 15 is 0 Å². The largest absolute Gasteiger partial charge is 0.465 e. The summed E-state index contributed by atoms with van der Waals surface area (Å²) in [5.41, 5.74) is 1.05. The third-order valence-electron chi connectivity index (χ3n) is 3.81. The SMILES string of the molecule is COC(=O)c1sccc1S(=O)(=O)N1CCc2sccc2C1C. The summed E-state index contributed by atoms with van der Waals surface area (Å²) in [6, 6.07) is 3.22. The van der Waals surface area contributed by atoms with E-state index in [2.05, 4.69) is 4.74 Å². The molecule has 1 atom stereocenters. The average Bonchev–Trinajstić information content (AvgIpc) is 3.15. The van der Waals surface area contributed by atoms with Gasteiger partial charge in [-0.05, 0) is 41.8 Å². The third-order valence-corrected chi connectivity index (χ3v) is 7.84. The molecule has 1 unspecified atom stereocenters. The number of carbonyl (C=O) groups excluding carboxylic acids is 1. The molecule has 8 heteroatoms. The van der Waals surface area contributed by atoms with Crippen LogP contribution < -0.4 is 0 Å². The van der Waals surface area contributed by atoms with Crippen molar-refractivity contribution in [3.63, 3.8) is 0 Å². The molecule has 118 valence electrons. The minimum atomic E-state index is -3.73. The number of carbonyl (C=O) groups is 1. The van der Waals surface area contributed by atoms with Crippen LogP contribution in [-0.2, 0) is 21.2 Å². The lowest BCUT2D eigenvalue weighted by Gasteiger charge is -2.32. The van der Waals surface area contributed by atoms with Gasteiger partial charge in [0, 0.05) is 17.5 Å². The Morgan fingerprint density at radius 1 is 1.32 bits per heavy atom. The van der Waals surface area contributed by atoms with Gasteiger partial charge in [-0.1, -0.05) is 0 Å². The second-order valence-electron chi connectivity index (χ2n) is 4.95. The topological polar surface area (TPSA) is 63.7 Å². The molecule has 0 spiro atoms. The standard InChI is InChI=1S/C14H15NO4S3/c1-9-10-4-7-20-11(10)3-6-15(9)22(17,18)12-5-8-21-13(12)14(16)19-2/h4-5,7-9H,3,6H2,1-2H3. The van der Waals surface area contributed by atoms with Gasteiger partial charge in [0.25, 0.3) is 0 Å². The van der Waals surface area contributed by atoms with Crippen LogP contribution in [0.2, 0.25) is 0 Å². The summed E-state index contributed by atoms with van der Waals surface area (Å²) < 4.78 is 32.1. The van der Waals surface area contributed by atoms with Gasteiger partial charge in [-0.2, -0.15) is 4.31 Å². The molecule has 22 heavy (non-hydrogen) atoms. The van der Waals surface area contributed by atoms with Crippen molar-refractivity contribution < 1.29 is 17.9 Å². The van der Waals surface area contributed by atoms with Gasteiger partial charge in [0.05, 0.1) is 7.11 Å². The first kappa shape index (κ1) is 15.7. The van der Waals surface area contributed by atoms with E-state index in [1.54, 1.807) is 16.7 Å². The van der Waals surface area contributed by atoms with E-state index in [1.165, 1.54) is 22.4 Å². The predicted molar refractivity (Wildman–Crippen MR) is 86.0 cm³/mol. The molecule has 5 nitrogen and oxygen atoms in total. The normalized spacial score (nSPS) is 18.9. The maximum atomic E-state index is 13.0. The Labute approximate surface area is 137 Å². The van der Waals surface area contributed by atoms with Gasteiger partial charge in [-0.25, -0.2) is 13.2 Å². The summed E-state index contributed by atoms with van der Waals surface area (Å²) in [5, 5.41) is 3.59. The van der Waals surface area contributed by atoms with Crippen molar-refractivity contribution in [2.75, 3.05) is 13.7 Å². The van der Waals surface area contributed by atoms with E-state index in [-0.39, 0.29) is 15.8 Å². The number of thiophene rings is 2. The van der Waals surface area contributed by atoms with Crippen LogP contribution in [0.1, 0.15) is 33.1 Å². The van der Waals surface area contributed by atoms with E-state index in [4.69, 9.17) is 0 Å². The number of methoxy groups -OCH3 is 1. The van der Waals surface area contributed by atoms with Crippen LogP contribution in [0.15, 0.2) is 27.8 Å². The van der Waals surface area contributed by atoms with Crippen LogP contribution in [0.3, 0.4) is 0 Å². The molecule has 3 heterocycles. The summed E-state index contributed by atoms with van der Waals surface area (Å²) in [6.07, 6.45) is 0.703. The molecule has 0 saturated heterocycles. The molecular weight excluding hydrogens is 342 g/mol. The van der Waals surface area contributed by atoms with Crippen LogP contribution in [0.4, 0.5) is 0 Å². The maximum Gasteiger partial charge on any atom is 0.349 e. The molecule has 0 amide bonds. The highest BCUT2D eigenvalue weighted by molar-refractivity contribution is 7.89. The zero-order valence-corrected chi connectivity index (χ0v) is 14.6. The summed E-state index contributed by atoms with van der Waals surface area (Å²) in [5.74, 6) is -0.616. The van der Waals surface area contributed by atoms with Gasteiger partial charge in [0.2, 0.25) is 10.0 Å². The van der Waals surface area contributed by atoms with Gasteiger partial charge in [0.15, 0.2) is 0 Å². The molecule has 0 aromatic carbocycles. The Kier molecular flexibility index (Phi) is 4.11. The van der Waals surface area contributed by atoms with E-state index in [9.17, 15) is 13.2 Å². The second kappa shape index (κ2) is 5.77. The first-order valence-electron chi connectivity index (χ1n) is 6.70. The minimum absolute atomic E-state index is 0.0369. The third kappa shape index (κ3) is 2.40. The zero-order valence-electron chi connectivity index (χ0n) is 12.1. The fraction of sp³-hybridized carbons (Fsp3) is 0.357. The van der Waals surface area contributed by atoms with E-state index in [0.29, 0.717) is 13.0 Å². The molecule has 0 aliphatic carbocycles. The molecule has 1 aliphatic rings. The predicted octanol–water partition coefficient (Wildman–Crippen LogP) is 2.90. The summed E-state index contributed by atoms with van der Waals surface area (Å²) >= 11 is 2.74. The fourth-order valence-corrected chi connectivity index (χ4v) is 6.57. The van der Waals surface area contributed by atoms with E-state index in [1.807, 2.05) is 18.4 Å². The smallest absolute Gasteiger partial charge is 0.349 e. The van der Waals surface area contributed by atoms with E-state index in [0.717, 1.165) is 16.9 Å². The lowest BCUT2D eigenvalue weighted by atomic mass is 10.0. The number of fused-ring (bicyclic) bond motifs is 1. The van der Waals surface area contributed by atoms with Gasteiger partial charge in [0.1, 0.15) is 9.77 Å². The number of esters is 1. The highest BCUT2D eigenvalue weighted by Gasteiger charge is 2.37. The summed E-state index contributed by atoms with van der Waals surface area (Å²) in [7, 11) is -2.48.